The molecule has 0 atom stereocenters. The first-order valence-electron chi connectivity index (χ1n) is 8.14. The molecule has 0 aliphatic carbocycles. The van der Waals surface area contributed by atoms with E-state index in [0.29, 0.717) is 0 Å². The zero-order valence-electron chi connectivity index (χ0n) is 13.5. The number of imidazole rings is 1. The Bertz CT molecular complexity index is 851. The molecular weight excluding hydrogens is 435 g/mol. The van der Waals surface area contributed by atoms with Gasteiger partial charge in [0.25, 0.3) is 0 Å². The Morgan fingerprint density at radius 1 is 1.29 bits per heavy atom. The van der Waals surface area contributed by atoms with Crippen molar-refractivity contribution in [1.29, 1.82) is 0 Å². The van der Waals surface area contributed by atoms with E-state index in [1.54, 1.807) is 0 Å². The highest BCUT2D eigenvalue weighted by Crippen LogP contribution is 2.25. The average Bonchev–Trinajstić information content (AvgIpc) is 3.16. The van der Waals surface area contributed by atoms with Gasteiger partial charge in [-0.05, 0) is 73.0 Å². The number of nitrogens with zero attached hydrogens (tertiary/aromatic N) is 5. The first-order valence-corrected chi connectivity index (χ1v) is 9.99. The fraction of sp³-hybridized carbons (Fsp3) is 0.438. The molecule has 1 saturated heterocycles. The Morgan fingerprint density at radius 2 is 2.12 bits per heavy atom. The van der Waals surface area contributed by atoms with Crippen LogP contribution in [0.3, 0.4) is 0 Å². The molecule has 3 aromatic rings. The number of rotatable bonds is 4. The molecule has 8 heteroatoms. The number of hydrogen-bond acceptors (Lipinski definition) is 6. The van der Waals surface area contributed by atoms with Crippen molar-refractivity contribution in [3.63, 3.8) is 0 Å². The quantitative estimate of drug-likeness (QED) is 0.608. The number of hydrogen-bond donors (Lipinski definition) is 1. The van der Waals surface area contributed by atoms with E-state index in [1.807, 2.05) is 19.3 Å². The lowest BCUT2D eigenvalue weighted by Crippen LogP contribution is -2.29. The SMILES string of the molecule is Cc1cn2c(I)cnc2c(Nc2cc(CN3CCCCC3)ns2)n1. The first kappa shape index (κ1) is 16.2. The molecule has 0 saturated carbocycles. The van der Waals surface area contributed by atoms with Crippen LogP contribution in [0, 0.1) is 10.6 Å². The number of fused-ring (bicyclic) bond motifs is 1. The lowest BCUT2D eigenvalue weighted by molar-refractivity contribution is 0.219. The number of piperidine rings is 1. The lowest BCUT2D eigenvalue weighted by Gasteiger charge is -2.25. The van der Waals surface area contributed by atoms with Crippen molar-refractivity contribution < 1.29 is 0 Å². The standard InChI is InChI=1S/C16H19IN6S/c1-11-9-23-13(17)8-18-16(23)15(19-11)20-14-7-12(21-24-14)10-22-5-3-2-4-6-22/h7-9H,2-6,10H2,1H3,(H,19,20). The number of anilines is 2. The molecule has 1 aliphatic heterocycles. The van der Waals surface area contributed by atoms with Gasteiger partial charge < -0.3 is 5.32 Å². The van der Waals surface area contributed by atoms with Crippen LogP contribution >= 0.6 is 34.1 Å². The summed E-state index contributed by atoms with van der Waals surface area (Å²) in [5, 5.41) is 4.41. The highest BCUT2D eigenvalue weighted by Gasteiger charge is 2.14. The zero-order chi connectivity index (χ0) is 16.5. The normalized spacial score (nSPS) is 15.9. The van der Waals surface area contributed by atoms with Crippen LogP contribution in [0.15, 0.2) is 18.5 Å². The summed E-state index contributed by atoms with van der Waals surface area (Å²) in [6, 6.07) is 2.13. The minimum Gasteiger partial charge on any atom is -0.328 e. The van der Waals surface area contributed by atoms with Crippen molar-refractivity contribution in [2.75, 3.05) is 18.4 Å². The minimum absolute atomic E-state index is 0.783. The molecule has 1 fully saturated rings. The van der Waals surface area contributed by atoms with E-state index in [2.05, 4.69) is 57.6 Å². The van der Waals surface area contributed by atoms with Gasteiger partial charge in [0.2, 0.25) is 0 Å². The smallest absolute Gasteiger partial charge is 0.181 e. The summed E-state index contributed by atoms with van der Waals surface area (Å²) in [4.78, 5) is 11.6. The molecule has 0 aromatic carbocycles. The Balaban J connectivity index is 1.53. The van der Waals surface area contributed by atoms with Gasteiger partial charge in [-0.1, -0.05) is 6.42 Å². The molecular formula is C16H19IN6S. The lowest BCUT2D eigenvalue weighted by atomic mass is 10.1. The van der Waals surface area contributed by atoms with Crippen LogP contribution in [-0.2, 0) is 6.54 Å². The Hall–Kier alpha value is -1.26. The summed E-state index contributed by atoms with van der Waals surface area (Å²) in [6.07, 6.45) is 7.83. The molecule has 0 bridgehead atoms. The second-order valence-corrected chi connectivity index (χ2v) is 8.06. The maximum atomic E-state index is 4.61. The van der Waals surface area contributed by atoms with E-state index in [9.17, 15) is 0 Å². The molecule has 1 aliphatic rings. The molecule has 0 amide bonds. The van der Waals surface area contributed by atoms with E-state index < -0.39 is 0 Å². The molecule has 1 N–H and O–H groups in total. The van der Waals surface area contributed by atoms with Gasteiger partial charge in [0.05, 0.1) is 17.6 Å². The van der Waals surface area contributed by atoms with Crippen LogP contribution in [0.2, 0.25) is 0 Å². The summed E-state index contributed by atoms with van der Waals surface area (Å²) >= 11 is 3.77. The second-order valence-electron chi connectivity index (χ2n) is 6.15. The summed E-state index contributed by atoms with van der Waals surface area (Å²) in [5.41, 5.74) is 2.93. The highest BCUT2D eigenvalue weighted by atomic mass is 127. The van der Waals surface area contributed by atoms with E-state index >= 15 is 0 Å². The highest BCUT2D eigenvalue weighted by molar-refractivity contribution is 14.1. The average molecular weight is 454 g/mol. The predicted molar refractivity (Wildman–Crippen MR) is 105 cm³/mol. The van der Waals surface area contributed by atoms with Gasteiger partial charge in [-0.2, -0.15) is 4.37 Å². The van der Waals surface area contributed by atoms with Crippen molar-refractivity contribution in [1.82, 2.24) is 23.6 Å². The topological polar surface area (TPSA) is 58.4 Å². The van der Waals surface area contributed by atoms with E-state index in [-0.39, 0.29) is 0 Å². The van der Waals surface area contributed by atoms with Gasteiger partial charge in [-0.3, -0.25) is 9.30 Å². The van der Waals surface area contributed by atoms with Crippen molar-refractivity contribution in [2.24, 2.45) is 0 Å². The zero-order valence-corrected chi connectivity index (χ0v) is 16.5. The van der Waals surface area contributed by atoms with Gasteiger partial charge in [0.15, 0.2) is 11.5 Å². The maximum absolute atomic E-state index is 4.61. The molecule has 4 rings (SSSR count). The van der Waals surface area contributed by atoms with Crippen molar-refractivity contribution in [3.8, 4) is 0 Å². The van der Waals surface area contributed by atoms with Crippen LogP contribution in [-0.4, -0.2) is 36.7 Å². The fourth-order valence-corrected chi connectivity index (χ4v) is 4.24. The summed E-state index contributed by atoms with van der Waals surface area (Å²) in [5.74, 6) is 0.783. The number of likely N-dealkylation sites (tertiary alicyclic amines) is 1. The molecule has 126 valence electrons. The molecule has 24 heavy (non-hydrogen) atoms. The van der Waals surface area contributed by atoms with Gasteiger partial charge in [0.1, 0.15) is 8.70 Å². The number of aromatic nitrogens is 4. The van der Waals surface area contributed by atoms with Gasteiger partial charge >= 0.3 is 0 Å². The molecule has 3 aromatic heterocycles. The van der Waals surface area contributed by atoms with Crippen LogP contribution in [0.1, 0.15) is 30.7 Å². The number of nitrogens with one attached hydrogen (secondary N) is 1. The van der Waals surface area contributed by atoms with E-state index in [1.165, 1.54) is 43.9 Å². The molecule has 6 nitrogen and oxygen atoms in total. The van der Waals surface area contributed by atoms with Crippen LogP contribution in [0.4, 0.5) is 10.8 Å². The molecule has 0 radical (unpaired) electrons. The largest absolute Gasteiger partial charge is 0.328 e. The summed E-state index contributed by atoms with van der Waals surface area (Å²) in [6.45, 7) is 5.31. The van der Waals surface area contributed by atoms with E-state index in [0.717, 1.165) is 38.1 Å². The molecule has 0 unspecified atom stereocenters. The van der Waals surface area contributed by atoms with Gasteiger partial charge in [0, 0.05) is 12.7 Å². The Morgan fingerprint density at radius 3 is 2.96 bits per heavy atom. The van der Waals surface area contributed by atoms with Crippen molar-refractivity contribution >= 4 is 50.6 Å². The third-order valence-corrected chi connectivity index (χ3v) is 5.74. The summed E-state index contributed by atoms with van der Waals surface area (Å²) in [7, 11) is 0. The number of halogens is 1. The second kappa shape index (κ2) is 6.93. The summed E-state index contributed by atoms with van der Waals surface area (Å²) < 4.78 is 7.73. The first-order chi connectivity index (χ1) is 11.7. The Labute approximate surface area is 158 Å². The third-order valence-electron chi connectivity index (χ3n) is 4.20. The van der Waals surface area contributed by atoms with E-state index in [4.69, 9.17) is 0 Å². The Kier molecular flexibility index (Phi) is 4.68. The van der Waals surface area contributed by atoms with Gasteiger partial charge in [-0.15, -0.1) is 0 Å². The maximum Gasteiger partial charge on any atom is 0.181 e. The predicted octanol–water partition coefficient (Wildman–Crippen LogP) is 3.83. The number of aryl methyl sites for hydroxylation is 1. The van der Waals surface area contributed by atoms with Crippen molar-refractivity contribution in [3.05, 3.63) is 33.5 Å². The van der Waals surface area contributed by atoms with Gasteiger partial charge in [-0.25, -0.2) is 9.97 Å². The third kappa shape index (κ3) is 3.40. The monoisotopic (exact) mass is 454 g/mol. The van der Waals surface area contributed by atoms with Crippen molar-refractivity contribution in [2.45, 2.75) is 32.7 Å². The fourth-order valence-electron chi connectivity index (χ4n) is 3.07. The van der Waals surface area contributed by atoms with Crippen LogP contribution in [0.5, 0.6) is 0 Å². The van der Waals surface area contributed by atoms with Crippen LogP contribution in [0.25, 0.3) is 5.65 Å². The minimum atomic E-state index is 0.783. The van der Waals surface area contributed by atoms with Crippen LogP contribution < -0.4 is 5.32 Å². The molecule has 0 spiro atoms. The molecule has 4 heterocycles.